The highest BCUT2D eigenvalue weighted by Gasteiger charge is 2.33. The van der Waals surface area contributed by atoms with E-state index in [1.165, 1.54) is 5.57 Å². The lowest BCUT2D eigenvalue weighted by Crippen LogP contribution is -2.52. The number of quaternary nitrogens is 1. The van der Waals surface area contributed by atoms with Gasteiger partial charge in [-0.25, -0.2) is 4.79 Å². The summed E-state index contributed by atoms with van der Waals surface area (Å²) in [6.07, 6.45) is 2.23. The zero-order valence-electron chi connectivity index (χ0n) is 8.97. The second-order valence-electron chi connectivity index (χ2n) is 4.48. The van der Waals surface area contributed by atoms with Crippen LogP contribution >= 0.6 is 0 Å². The molecule has 1 saturated heterocycles. The first-order valence-corrected chi connectivity index (χ1v) is 4.97. The monoisotopic (exact) mass is 182 g/mol. The molecule has 13 heavy (non-hydrogen) atoms. The van der Waals surface area contributed by atoms with Gasteiger partial charge >= 0.3 is 5.91 Å². The van der Waals surface area contributed by atoms with Gasteiger partial charge in [-0.3, -0.25) is 4.48 Å². The molecule has 0 saturated carbocycles. The van der Waals surface area contributed by atoms with Crippen LogP contribution in [0.25, 0.3) is 0 Å². The minimum absolute atomic E-state index is 0.292. The Morgan fingerprint density at radius 3 is 2.08 bits per heavy atom. The van der Waals surface area contributed by atoms with E-state index < -0.39 is 0 Å². The van der Waals surface area contributed by atoms with Gasteiger partial charge in [0.05, 0.1) is 27.1 Å². The lowest BCUT2D eigenvalue weighted by Gasteiger charge is -2.37. The van der Waals surface area contributed by atoms with E-state index >= 15 is 0 Å². The Labute approximate surface area is 80.8 Å². The van der Waals surface area contributed by atoms with Crippen LogP contribution in [-0.2, 0) is 4.79 Å². The second kappa shape index (κ2) is 3.62. The summed E-state index contributed by atoms with van der Waals surface area (Å²) in [4.78, 5) is 11.3. The average Bonchev–Trinajstić information content (AvgIpc) is 2.04. The van der Waals surface area contributed by atoms with E-state index in [4.69, 9.17) is 0 Å². The van der Waals surface area contributed by atoms with Crippen LogP contribution in [0.4, 0.5) is 0 Å². The van der Waals surface area contributed by atoms with Gasteiger partial charge in [0.1, 0.15) is 0 Å². The molecule has 0 atom stereocenters. The van der Waals surface area contributed by atoms with Gasteiger partial charge in [0, 0.05) is 12.8 Å². The summed E-state index contributed by atoms with van der Waals surface area (Å²) in [5.41, 5.74) is 1.27. The number of carbonyl (C=O) groups excluding carboxylic acids is 1. The second-order valence-corrected chi connectivity index (χ2v) is 4.48. The predicted octanol–water partition coefficient (Wildman–Crippen LogP) is 1.97. The normalized spacial score (nSPS) is 34.2. The van der Waals surface area contributed by atoms with Crippen LogP contribution in [0.1, 0.15) is 26.7 Å². The van der Waals surface area contributed by atoms with E-state index in [-0.39, 0.29) is 0 Å². The zero-order valence-corrected chi connectivity index (χ0v) is 8.97. The SMILES string of the molecule is C=C(C)C1CC[N+](C)(C(C)=O)CC1. The van der Waals surface area contributed by atoms with Crippen molar-refractivity contribution >= 4 is 5.91 Å². The third-order valence-corrected chi connectivity index (χ3v) is 3.40. The summed E-state index contributed by atoms with van der Waals surface area (Å²) in [5, 5.41) is 0. The smallest absolute Gasteiger partial charge is 0.263 e. The first kappa shape index (κ1) is 10.5. The van der Waals surface area contributed by atoms with Gasteiger partial charge < -0.3 is 0 Å². The van der Waals surface area contributed by atoms with Gasteiger partial charge in [0.25, 0.3) is 0 Å². The molecular formula is C11H20NO+. The third-order valence-electron chi connectivity index (χ3n) is 3.40. The number of amides is 1. The van der Waals surface area contributed by atoms with Crippen LogP contribution < -0.4 is 0 Å². The van der Waals surface area contributed by atoms with Crippen LogP contribution in [0.15, 0.2) is 12.2 Å². The fourth-order valence-corrected chi connectivity index (χ4v) is 1.95. The van der Waals surface area contributed by atoms with Crippen molar-refractivity contribution in [1.82, 2.24) is 0 Å². The molecule has 0 spiro atoms. The third kappa shape index (κ3) is 2.19. The minimum Gasteiger partial charge on any atom is -0.263 e. The van der Waals surface area contributed by atoms with E-state index in [1.807, 2.05) is 7.05 Å². The van der Waals surface area contributed by atoms with Gasteiger partial charge in [-0.15, -0.1) is 0 Å². The first-order chi connectivity index (χ1) is 5.96. The van der Waals surface area contributed by atoms with Gasteiger partial charge in [-0.2, -0.15) is 0 Å². The maximum atomic E-state index is 11.3. The van der Waals surface area contributed by atoms with Crippen molar-refractivity contribution in [3.63, 3.8) is 0 Å². The Kier molecular flexibility index (Phi) is 2.91. The van der Waals surface area contributed by atoms with Crippen LogP contribution in [-0.4, -0.2) is 30.5 Å². The molecule has 1 aliphatic rings. The van der Waals surface area contributed by atoms with Crippen molar-refractivity contribution in [2.75, 3.05) is 20.1 Å². The molecule has 0 aliphatic carbocycles. The molecule has 0 N–H and O–H groups in total. The molecule has 2 heteroatoms. The van der Waals surface area contributed by atoms with Crippen molar-refractivity contribution in [2.24, 2.45) is 5.92 Å². The van der Waals surface area contributed by atoms with E-state index in [2.05, 4.69) is 13.5 Å². The molecule has 0 bridgehead atoms. The van der Waals surface area contributed by atoms with E-state index in [9.17, 15) is 4.79 Å². The maximum absolute atomic E-state index is 11.3. The molecular weight excluding hydrogens is 162 g/mol. The summed E-state index contributed by atoms with van der Waals surface area (Å²) in [5.74, 6) is 0.936. The van der Waals surface area contributed by atoms with Gasteiger partial charge in [0.15, 0.2) is 0 Å². The number of allylic oxidation sites excluding steroid dienone is 1. The Morgan fingerprint density at radius 2 is 1.77 bits per heavy atom. The largest absolute Gasteiger partial charge is 0.310 e. The van der Waals surface area contributed by atoms with Crippen LogP contribution in [0.5, 0.6) is 0 Å². The van der Waals surface area contributed by atoms with Crippen LogP contribution in [0.2, 0.25) is 0 Å². The highest BCUT2D eigenvalue weighted by molar-refractivity contribution is 5.65. The number of carbonyl (C=O) groups is 1. The van der Waals surface area contributed by atoms with Gasteiger partial charge in [-0.05, 0) is 12.8 Å². The van der Waals surface area contributed by atoms with Gasteiger partial charge in [0.2, 0.25) is 0 Å². The summed E-state index contributed by atoms with van der Waals surface area (Å²) < 4.78 is 0.615. The van der Waals surface area contributed by atoms with Gasteiger partial charge in [-0.1, -0.05) is 12.2 Å². The van der Waals surface area contributed by atoms with E-state index in [0.29, 0.717) is 16.3 Å². The molecule has 0 radical (unpaired) electrons. The Bertz CT molecular complexity index is 224. The first-order valence-electron chi connectivity index (χ1n) is 4.97. The average molecular weight is 182 g/mol. The highest BCUT2D eigenvalue weighted by atomic mass is 16.2. The molecule has 0 aromatic rings. The number of rotatable bonds is 1. The number of nitrogens with zero attached hydrogens (tertiary/aromatic N) is 1. The Balaban J connectivity index is 2.56. The Morgan fingerprint density at radius 1 is 1.31 bits per heavy atom. The van der Waals surface area contributed by atoms with Crippen molar-refractivity contribution in [1.29, 1.82) is 0 Å². The van der Waals surface area contributed by atoms with Crippen molar-refractivity contribution < 1.29 is 9.28 Å². The van der Waals surface area contributed by atoms with E-state index in [1.54, 1.807) is 6.92 Å². The quantitative estimate of drug-likeness (QED) is 0.447. The molecule has 1 rings (SSSR count). The molecule has 1 aliphatic heterocycles. The molecule has 1 heterocycles. The molecule has 74 valence electrons. The lowest BCUT2D eigenvalue weighted by molar-refractivity contribution is -0.840. The number of hydrogen-bond acceptors (Lipinski definition) is 1. The van der Waals surface area contributed by atoms with Crippen LogP contribution in [0, 0.1) is 5.92 Å². The fraction of sp³-hybridized carbons (Fsp3) is 0.727. The maximum Gasteiger partial charge on any atom is 0.310 e. The summed E-state index contributed by atoms with van der Waals surface area (Å²) in [7, 11) is 2.04. The molecule has 1 fully saturated rings. The highest BCUT2D eigenvalue weighted by Crippen LogP contribution is 2.26. The summed E-state index contributed by atoms with van der Waals surface area (Å²) in [6, 6.07) is 0. The molecule has 0 aromatic heterocycles. The molecule has 2 nitrogen and oxygen atoms in total. The number of hydrogen-bond donors (Lipinski definition) is 0. The molecule has 1 amide bonds. The topological polar surface area (TPSA) is 17.1 Å². The minimum atomic E-state index is 0.292. The Hall–Kier alpha value is -0.630. The summed E-state index contributed by atoms with van der Waals surface area (Å²) >= 11 is 0. The molecule has 0 aromatic carbocycles. The molecule has 0 unspecified atom stereocenters. The summed E-state index contributed by atoms with van der Waals surface area (Å²) in [6.45, 7) is 9.72. The standard InChI is InChI=1S/C11H20NO/c1-9(2)11-5-7-12(4,8-6-11)10(3)13/h11H,1,5-8H2,2-4H3/q+1. The van der Waals surface area contributed by atoms with Crippen molar-refractivity contribution in [3.8, 4) is 0 Å². The fourth-order valence-electron chi connectivity index (χ4n) is 1.95. The van der Waals surface area contributed by atoms with Crippen LogP contribution in [0.3, 0.4) is 0 Å². The van der Waals surface area contributed by atoms with Crippen molar-refractivity contribution in [2.45, 2.75) is 26.7 Å². The zero-order chi connectivity index (χ0) is 10.1. The lowest BCUT2D eigenvalue weighted by atomic mass is 9.90. The van der Waals surface area contributed by atoms with E-state index in [0.717, 1.165) is 25.9 Å². The predicted molar refractivity (Wildman–Crippen MR) is 54.1 cm³/mol. The van der Waals surface area contributed by atoms with Crippen molar-refractivity contribution in [3.05, 3.63) is 12.2 Å². The number of likely N-dealkylation sites (tertiary alicyclic amines) is 1. The number of piperidine rings is 1.